The molecule has 1 aromatic heterocycles. The van der Waals surface area contributed by atoms with Gasteiger partial charge in [-0.2, -0.15) is 0 Å². The number of likely N-dealkylation sites (tertiary alicyclic amines) is 1. The number of carbonyl (C=O) groups is 3. The summed E-state index contributed by atoms with van der Waals surface area (Å²) in [6.07, 6.45) is 0.884. The van der Waals surface area contributed by atoms with E-state index in [4.69, 9.17) is 9.47 Å². The normalized spacial score (nSPS) is 23.8. The summed E-state index contributed by atoms with van der Waals surface area (Å²) in [4.78, 5) is 57.1. The number of benzene rings is 2. The molecule has 1 unspecified atom stereocenters. The van der Waals surface area contributed by atoms with E-state index in [1.807, 2.05) is 10.6 Å². The maximum Gasteiger partial charge on any atom is 0.335 e. The highest BCUT2D eigenvalue weighted by Crippen LogP contribution is 2.40. The van der Waals surface area contributed by atoms with Gasteiger partial charge in [-0.05, 0) is 66.8 Å². The summed E-state index contributed by atoms with van der Waals surface area (Å²) < 4.78 is 12.3. The lowest BCUT2D eigenvalue weighted by molar-refractivity contribution is -0.144. The number of nitrogens with one attached hydrogen (secondary N) is 1. The summed E-state index contributed by atoms with van der Waals surface area (Å²) in [7, 11) is 2.94. The highest BCUT2D eigenvalue weighted by Gasteiger charge is 2.56. The van der Waals surface area contributed by atoms with Crippen LogP contribution in [0.1, 0.15) is 23.6 Å². The summed E-state index contributed by atoms with van der Waals surface area (Å²) in [5, 5.41) is 12.6. The zero-order chi connectivity index (χ0) is 29.6. The molecule has 3 aromatic rings. The Morgan fingerprint density at radius 1 is 0.952 bits per heavy atom. The Labute approximate surface area is 242 Å². The van der Waals surface area contributed by atoms with Crippen LogP contribution in [-0.4, -0.2) is 66.3 Å². The van der Waals surface area contributed by atoms with Crippen molar-refractivity contribution in [3.63, 3.8) is 0 Å². The summed E-state index contributed by atoms with van der Waals surface area (Å²) in [6, 6.07) is 15.7. The predicted molar refractivity (Wildman–Crippen MR) is 153 cm³/mol. The molecule has 218 valence electrons. The number of hydrogen-bond acceptors (Lipinski definition) is 8. The maximum absolute atomic E-state index is 14.5. The van der Waals surface area contributed by atoms with E-state index in [1.165, 1.54) is 20.3 Å². The van der Waals surface area contributed by atoms with E-state index in [2.05, 4.69) is 10.2 Å². The Morgan fingerprint density at radius 3 is 2.48 bits per heavy atom. The maximum atomic E-state index is 14.5. The number of imide groups is 2. The number of fused-ring (bicyclic) bond motifs is 4. The van der Waals surface area contributed by atoms with Crippen molar-refractivity contribution in [3.05, 3.63) is 82.3 Å². The lowest BCUT2D eigenvalue weighted by Crippen LogP contribution is -2.68. The van der Waals surface area contributed by atoms with E-state index < -0.39 is 23.3 Å². The van der Waals surface area contributed by atoms with Gasteiger partial charge in [0.1, 0.15) is 11.2 Å². The quantitative estimate of drug-likeness (QED) is 0.413. The fourth-order valence-corrected chi connectivity index (χ4v) is 6.68. The number of phenols is 1. The van der Waals surface area contributed by atoms with Gasteiger partial charge < -0.3 is 24.0 Å². The first kappa shape index (κ1) is 27.5. The van der Waals surface area contributed by atoms with Gasteiger partial charge in [-0.3, -0.25) is 19.7 Å². The smallest absolute Gasteiger partial charge is 0.335 e. The number of nitrogens with zero attached hydrogens (tertiary/aromatic N) is 3. The molecule has 3 atom stereocenters. The molecule has 11 nitrogen and oxygen atoms in total. The Kier molecular flexibility index (Phi) is 6.97. The molecule has 2 fully saturated rings. The standard InChI is InChI=1S/C31H32N4O7/c1-41-23-9-7-22(8-10-23)35-29(39)31(28(38)32-30(35)40,14-19-6-11-25(36)26(13-19)42-2)18-33-15-20-12-21(17-33)24-4-3-5-27(37)34(24)16-20/h3-11,13,20-21,36H,12,14-18H2,1-2H3,(H,32,38,40)/t20-,21-,31?/m1/s1. The SMILES string of the molecule is COc1ccc(N2C(=O)NC(=O)C(Cc3ccc(O)c(OC)c3)(CN3C[C@H]4C[C@H](C3)c3cccc(=O)n3C4)C2=O)cc1. The van der Waals surface area contributed by atoms with Crippen molar-refractivity contribution >= 4 is 23.5 Å². The Morgan fingerprint density at radius 2 is 1.74 bits per heavy atom. The number of piperidine rings is 1. The predicted octanol–water partition coefficient (Wildman–Crippen LogP) is 2.50. The van der Waals surface area contributed by atoms with Crippen LogP contribution < -0.4 is 25.2 Å². The van der Waals surface area contributed by atoms with E-state index in [-0.39, 0.29) is 41.9 Å². The number of rotatable bonds is 7. The van der Waals surface area contributed by atoms with Crippen LogP contribution in [0.15, 0.2) is 65.5 Å². The number of pyridine rings is 1. The molecule has 11 heteroatoms. The van der Waals surface area contributed by atoms with Gasteiger partial charge in [0.05, 0.1) is 19.9 Å². The lowest BCUT2D eigenvalue weighted by Gasteiger charge is -2.47. The fraction of sp³-hybridized carbons (Fsp3) is 0.355. The summed E-state index contributed by atoms with van der Waals surface area (Å²) >= 11 is 0. The molecule has 0 radical (unpaired) electrons. The van der Waals surface area contributed by atoms with Crippen LogP contribution in [-0.2, 0) is 22.6 Å². The highest BCUT2D eigenvalue weighted by molar-refractivity contribution is 6.30. The minimum absolute atomic E-state index is 0.0242. The minimum atomic E-state index is -1.67. The number of aromatic nitrogens is 1. The number of ether oxygens (including phenoxy) is 2. The first-order chi connectivity index (χ1) is 20.2. The minimum Gasteiger partial charge on any atom is -0.504 e. The third-order valence-electron chi connectivity index (χ3n) is 8.60. The fourth-order valence-electron chi connectivity index (χ4n) is 6.68. The van der Waals surface area contributed by atoms with Gasteiger partial charge in [0, 0.05) is 43.9 Å². The van der Waals surface area contributed by atoms with Crippen molar-refractivity contribution in [2.75, 3.05) is 38.8 Å². The molecule has 4 heterocycles. The summed E-state index contributed by atoms with van der Waals surface area (Å²) in [6.45, 7) is 1.78. The van der Waals surface area contributed by atoms with E-state index in [9.17, 15) is 24.3 Å². The molecule has 2 aromatic carbocycles. The van der Waals surface area contributed by atoms with Crippen LogP contribution >= 0.6 is 0 Å². The second-order valence-corrected chi connectivity index (χ2v) is 11.3. The monoisotopic (exact) mass is 572 g/mol. The Hall–Kier alpha value is -4.64. The second kappa shape index (κ2) is 10.6. The van der Waals surface area contributed by atoms with E-state index in [1.54, 1.807) is 48.5 Å². The molecular weight excluding hydrogens is 540 g/mol. The zero-order valence-electron chi connectivity index (χ0n) is 23.4. The molecule has 2 saturated heterocycles. The van der Waals surface area contributed by atoms with Crippen molar-refractivity contribution in [2.45, 2.75) is 25.3 Å². The first-order valence-corrected chi connectivity index (χ1v) is 13.8. The summed E-state index contributed by atoms with van der Waals surface area (Å²) in [5.74, 6) is -0.378. The van der Waals surface area contributed by atoms with Gasteiger partial charge in [-0.25, -0.2) is 9.69 Å². The van der Waals surface area contributed by atoms with E-state index in [0.29, 0.717) is 36.6 Å². The first-order valence-electron chi connectivity index (χ1n) is 13.8. The molecule has 4 amide bonds. The molecule has 0 aliphatic carbocycles. The van der Waals surface area contributed by atoms with Crippen LogP contribution in [0.2, 0.25) is 0 Å². The number of amides is 4. The number of phenolic OH excluding ortho intramolecular Hbond substituents is 1. The molecule has 0 saturated carbocycles. The Bertz CT molecular complexity index is 1620. The molecule has 2 bridgehead atoms. The zero-order valence-corrected chi connectivity index (χ0v) is 23.4. The number of urea groups is 1. The lowest BCUT2D eigenvalue weighted by atomic mass is 9.75. The van der Waals surface area contributed by atoms with Gasteiger partial charge in [-0.1, -0.05) is 12.1 Å². The third kappa shape index (κ3) is 4.69. The average Bonchev–Trinajstić information content (AvgIpc) is 2.98. The van der Waals surface area contributed by atoms with Crippen molar-refractivity contribution in [1.82, 2.24) is 14.8 Å². The van der Waals surface area contributed by atoms with Crippen molar-refractivity contribution in [2.24, 2.45) is 11.3 Å². The van der Waals surface area contributed by atoms with Crippen LogP contribution in [0.4, 0.5) is 10.5 Å². The molecule has 2 N–H and O–H groups in total. The topological polar surface area (TPSA) is 130 Å². The van der Waals surface area contributed by atoms with Gasteiger partial charge in [-0.15, -0.1) is 0 Å². The van der Waals surface area contributed by atoms with Gasteiger partial charge in [0.15, 0.2) is 11.5 Å². The molecular formula is C31H32N4O7. The van der Waals surface area contributed by atoms with Crippen LogP contribution in [0.25, 0.3) is 0 Å². The molecule has 3 aliphatic rings. The van der Waals surface area contributed by atoms with Crippen molar-refractivity contribution in [3.8, 4) is 17.2 Å². The average molecular weight is 573 g/mol. The van der Waals surface area contributed by atoms with E-state index >= 15 is 0 Å². The van der Waals surface area contributed by atoms with Gasteiger partial charge in [0.25, 0.3) is 11.5 Å². The van der Waals surface area contributed by atoms with Gasteiger partial charge in [0.2, 0.25) is 5.91 Å². The number of methoxy groups -OCH3 is 2. The molecule has 42 heavy (non-hydrogen) atoms. The Balaban J connectivity index is 1.39. The van der Waals surface area contributed by atoms with Crippen molar-refractivity contribution in [1.29, 1.82) is 0 Å². The van der Waals surface area contributed by atoms with Crippen LogP contribution in [0, 0.1) is 11.3 Å². The largest absolute Gasteiger partial charge is 0.504 e. The number of carbonyl (C=O) groups excluding carboxylic acids is 3. The number of barbiturate groups is 1. The number of anilines is 1. The molecule has 0 spiro atoms. The number of aromatic hydroxyl groups is 1. The van der Waals surface area contributed by atoms with Gasteiger partial charge >= 0.3 is 6.03 Å². The summed E-state index contributed by atoms with van der Waals surface area (Å²) in [5.41, 5.74) is 0.158. The highest BCUT2D eigenvalue weighted by atomic mass is 16.5. The third-order valence-corrected chi connectivity index (χ3v) is 8.60. The van der Waals surface area contributed by atoms with Crippen LogP contribution in [0.3, 0.4) is 0 Å². The van der Waals surface area contributed by atoms with E-state index in [0.717, 1.165) is 17.0 Å². The number of hydrogen-bond donors (Lipinski definition) is 2. The molecule has 6 rings (SSSR count). The van der Waals surface area contributed by atoms with Crippen LogP contribution in [0.5, 0.6) is 17.2 Å². The molecule has 3 aliphatic heterocycles. The van der Waals surface area contributed by atoms with Crippen molar-refractivity contribution < 1.29 is 29.0 Å². The second-order valence-electron chi connectivity index (χ2n) is 11.3.